The summed E-state index contributed by atoms with van der Waals surface area (Å²) < 4.78 is 46.4. The van der Waals surface area contributed by atoms with E-state index in [-0.39, 0.29) is 18.5 Å². The number of hydrogen-bond donors (Lipinski definition) is 0. The van der Waals surface area contributed by atoms with E-state index in [9.17, 15) is 22.8 Å². The van der Waals surface area contributed by atoms with E-state index in [0.717, 1.165) is 0 Å². The van der Waals surface area contributed by atoms with E-state index >= 15 is 0 Å². The van der Waals surface area contributed by atoms with Gasteiger partial charge in [0.15, 0.2) is 5.57 Å². The maximum atomic E-state index is 12.4. The van der Waals surface area contributed by atoms with Gasteiger partial charge in [0, 0.05) is 0 Å². The van der Waals surface area contributed by atoms with Crippen LogP contribution in [0.4, 0.5) is 13.2 Å². The van der Waals surface area contributed by atoms with Crippen molar-refractivity contribution in [3.8, 4) is 0 Å². The second-order valence-corrected chi connectivity index (χ2v) is 3.47. The highest BCUT2D eigenvalue weighted by Gasteiger charge is 2.45. The minimum Gasteiger partial charge on any atom is -0.496 e. The molecule has 0 aliphatic rings. The third kappa shape index (κ3) is 4.67. The molecule has 0 amide bonds. The highest BCUT2D eigenvalue weighted by molar-refractivity contribution is 9.09. The molecule has 0 saturated heterocycles. The summed E-state index contributed by atoms with van der Waals surface area (Å²) in [5, 5.41) is -0.198. The van der Waals surface area contributed by atoms with Crippen LogP contribution in [0, 0.1) is 0 Å². The summed E-state index contributed by atoms with van der Waals surface area (Å²) in [7, 11) is 0. The van der Waals surface area contributed by atoms with E-state index in [1.807, 2.05) is 0 Å². The first kappa shape index (κ1) is 16.9. The molecule has 0 aliphatic heterocycles. The molecular weight excluding hydrogens is 321 g/mol. The molecule has 0 aromatic rings. The lowest BCUT2D eigenvalue weighted by Gasteiger charge is -2.13. The highest BCUT2D eigenvalue weighted by atomic mass is 79.9. The van der Waals surface area contributed by atoms with Crippen molar-refractivity contribution < 1.29 is 32.2 Å². The average Bonchev–Trinajstić information content (AvgIpc) is 2.27. The number of carbonyl (C=O) groups excluding carboxylic acids is 2. The number of rotatable bonds is 6. The lowest BCUT2D eigenvalue weighted by Crippen LogP contribution is -2.31. The quantitative estimate of drug-likeness (QED) is 0.187. The van der Waals surface area contributed by atoms with Crippen molar-refractivity contribution in [2.24, 2.45) is 0 Å². The summed E-state index contributed by atoms with van der Waals surface area (Å²) in [6, 6.07) is 0. The van der Waals surface area contributed by atoms with Gasteiger partial charge in [-0.05, 0) is 13.8 Å². The first-order chi connectivity index (χ1) is 8.29. The third-order valence-corrected chi connectivity index (χ3v) is 2.19. The van der Waals surface area contributed by atoms with Crippen LogP contribution in [-0.2, 0) is 19.1 Å². The molecule has 0 atom stereocenters. The zero-order valence-electron chi connectivity index (χ0n) is 9.77. The van der Waals surface area contributed by atoms with E-state index < -0.39 is 29.3 Å². The Morgan fingerprint density at radius 3 is 1.94 bits per heavy atom. The van der Waals surface area contributed by atoms with Crippen molar-refractivity contribution in [2.75, 3.05) is 18.5 Å². The Morgan fingerprint density at radius 1 is 1.11 bits per heavy atom. The van der Waals surface area contributed by atoms with E-state index in [4.69, 9.17) is 4.74 Å². The van der Waals surface area contributed by atoms with Gasteiger partial charge in [-0.3, -0.25) is 4.79 Å². The van der Waals surface area contributed by atoms with Gasteiger partial charge in [0.05, 0.1) is 18.5 Å². The lowest BCUT2D eigenvalue weighted by molar-refractivity contribution is -0.169. The van der Waals surface area contributed by atoms with Crippen LogP contribution in [0.2, 0.25) is 0 Å². The van der Waals surface area contributed by atoms with Crippen LogP contribution in [0.3, 0.4) is 0 Å². The Morgan fingerprint density at radius 2 is 1.61 bits per heavy atom. The predicted molar refractivity (Wildman–Crippen MR) is 60.1 cm³/mol. The van der Waals surface area contributed by atoms with Gasteiger partial charge in [0.2, 0.25) is 0 Å². The molecule has 0 bridgehead atoms. The van der Waals surface area contributed by atoms with E-state index in [1.165, 1.54) is 13.8 Å². The fraction of sp³-hybridized carbons (Fsp3) is 0.600. The second kappa shape index (κ2) is 7.40. The zero-order chi connectivity index (χ0) is 14.3. The van der Waals surface area contributed by atoms with Crippen molar-refractivity contribution in [3.05, 3.63) is 11.3 Å². The van der Waals surface area contributed by atoms with Gasteiger partial charge in [-0.15, -0.1) is 0 Å². The van der Waals surface area contributed by atoms with Crippen LogP contribution in [0.15, 0.2) is 11.3 Å². The van der Waals surface area contributed by atoms with Crippen molar-refractivity contribution in [2.45, 2.75) is 20.0 Å². The van der Waals surface area contributed by atoms with Crippen LogP contribution in [-0.4, -0.2) is 36.5 Å². The molecule has 0 aromatic heterocycles. The molecule has 0 heterocycles. The van der Waals surface area contributed by atoms with Crippen molar-refractivity contribution in [1.82, 2.24) is 0 Å². The molecular formula is C10H12BrF3O4. The number of alkyl halides is 4. The molecule has 18 heavy (non-hydrogen) atoms. The standard InChI is InChI=1S/C10H12BrF3O4/c1-3-17-6(5-11)7(9(16)18-4-2)8(15)10(12,13)14/h3-5H2,1-2H3. The fourth-order valence-electron chi connectivity index (χ4n) is 1.03. The number of hydrogen-bond acceptors (Lipinski definition) is 4. The molecule has 104 valence electrons. The van der Waals surface area contributed by atoms with Gasteiger partial charge in [-0.1, -0.05) is 15.9 Å². The van der Waals surface area contributed by atoms with Gasteiger partial charge in [0.25, 0.3) is 5.78 Å². The van der Waals surface area contributed by atoms with Crippen LogP contribution in [0.5, 0.6) is 0 Å². The van der Waals surface area contributed by atoms with Crippen LogP contribution < -0.4 is 0 Å². The lowest BCUT2D eigenvalue weighted by atomic mass is 10.1. The molecule has 0 fully saturated rings. The number of ketones is 1. The maximum absolute atomic E-state index is 12.4. The number of esters is 1. The minimum absolute atomic E-state index is 0.0228. The molecule has 4 nitrogen and oxygen atoms in total. The Bertz CT molecular complexity index is 350. The van der Waals surface area contributed by atoms with Crippen LogP contribution in [0.25, 0.3) is 0 Å². The Balaban J connectivity index is 5.55. The summed E-state index contributed by atoms with van der Waals surface area (Å²) in [6.45, 7) is 2.82. The maximum Gasteiger partial charge on any atom is 0.455 e. The topological polar surface area (TPSA) is 52.6 Å². The van der Waals surface area contributed by atoms with Gasteiger partial charge in [-0.2, -0.15) is 13.2 Å². The normalized spacial score (nSPS) is 12.8. The number of allylic oxidation sites excluding steroid dienone is 1. The zero-order valence-corrected chi connectivity index (χ0v) is 11.4. The molecule has 8 heteroatoms. The molecule has 0 aromatic carbocycles. The van der Waals surface area contributed by atoms with E-state index in [1.54, 1.807) is 0 Å². The Kier molecular flexibility index (Phi) is 6.97. The van der Waals surface area contributed by atoms with Gasteiger partial charge < -0.3 is 9.47 Å². The van der Waals surface area contributed by atoms with Crippen molar-refractivity contribution in [1.29, 1.82) is 0 Å². The van der Waals surface area contributed by atoms with Gasteiger partial charge in [0.1, 0.15) is 5.76 Å². The molecule has 0 N–H and O–H groups in total. The summed E-state index contributed by atoms with van der Waals surface area (Å²) in [5.74, 6) is -4.01. The largest absolute Gasteiger partial charge is 0.496 e. The molecule has 0 saturated carbocycles. The monoisotopic (exact) mass is 332 g/mol. The minimum atomic E-state index is -5.16. The van der Waals surface area contributed by atoms with E-state index in [2.05, 4.69) is 20.7 Å². The van der Waals surface area contributed by atoms with Crippen LogP contribution >= 0.6 is 15.9 Å². The Hall–Kier alpha value is -1.05. The first-order valence-corrected chi connectivity index (χ1v) is 6.12. The first-order valence-electron chi connectivity index (χ1n) is 5.00. The third-order valence-electron chi connectivity index (χ3n) is 1.68. The summed E-state index contributed by atoms with van der Waals surface area (Å²) >= 11 is 2.86. The fourth-order valence-corrected chi connectivity index (χ4v) is 1.47. The number of carbonyl (C=O) groups is 2. The molecule has 0 rings (SSSR count). The van der Waals surface area contributed by atoms with E-state index in [0.29, 0.717) is 0 Å². The number of halogens is 4. The van der Waals surface area contributed by atoms with Crippen molar-refractivity contribution >= 4 is 27.7 Å². The number of Topliss-reactive ketones (excluding diaryl/α,β-unsaturated/α-hetero) is 1. The molecule has 0 radical (unpaired) electrons. The predicted octanol–water partition coefficient (Wildman–Crippen LogP) is 2.37. The Labute approximate surface area is 110 Å². The molecule has 0 unspecified atom stereocenters. The molecule has 0 spiro atoms. The summed E-state index contributed by atoms with van der Waals surface area (Å²) in [4.78, 5) is 22.6. The second-order valence-electron chi connectivity index (χ2n) is 2.91. The number of ether oxygens (including phenoxy) is 2. The summed E-state index contributed by atoms with van der Waals surface area (Å²) in [5.41, 5.74) is -1.12. The summed E-state index contributed by atoms with van der Waals surface area (Å²) in [6.07, 6.45) is -5.16. The molecule has 0 aliphatic carbocycles. The van der Waals surface area contributed by atoms with Crippen LogP contribution in [0.1, 0.15) is 13.8 Å². The SMILES string of the molecule is CCOC(=O)C(C(=O)C(F)(F)F)=C(CBr)OCC. The smallest absolute Gasteiger partial charge is 0.455 e. The van der Waals surface area contributed by atoms with Gasteiger partial charge >= 0.3 is 12.1 Å². The average molecular weight is 333 g/mol. The van der Waals surface area contributed by atoms with Crippen molar-refractivity contribution in [3.63, 3.8) is 0 Å². The highest BCUT2D eigenvalue weighted by Crippen LogP contribution is 2.24. The van der Waals surface area contributed by atoms with Gasteiger partial charge in [-0.25, -0.2) is 4.79 Å².